The van der Waals surface area contributed by atoms with Crippen LogP contribution in [-0.4, -0.2) is 29.9 Å². The van der Waals surface area contributed by atoms with Gasteiger partial charge in [-0.2, -0.15) is 13.2 Å². The van der Waals surface area contributed by atoms with Gasteiger partial charge >= 0.3 is 12.1 Å². The summed E-state index contributed by atoms with van der Waals surface area (Å²) >= 11 is 0. The standard InChI is InChI=1S/C17H13F3N2O5/c18-17(19,20)16(23)27-14-9-21-8-11-2-1-3-13(15(11)26-14)10-4-6-12(7-5-10)22(24)25/h1-7,14,21H,8-9H2. The second-order valence-electron chi connectivity index (χ2n) is 5.68. The Morgan fingerprint density at radius 3 is 2.56 bits per heavy atom. The Kier molecular flexibility index (Phi) is 5.00. The van der Waals surface area contributed by atoms with E-state index >= 15 is 0 Å². The van der Waals surface area contributed by atoms with E-state index in [0.717, 1.165) is 0 Å². The molecule has 0 bridgehead atoms. The number of nitrogens with zero attached hydrogens (tertiary/aromatic N) is 1. The second kappa shape index (κ2) is 7.23. The Hall–Kier alpha value is -3.14. The number of ether oxygens (including phenoxy) is 2. The number of benzene rings is 2. The summed E-state index contributed by atoms with van der Waals surface area (Å²) in [5.41, 5.74) is 1.64. The number of nitrogens with one attached hydrogen (secondary N) is 1. The number of carbonyl (C=O) groups excluding carboxylic acids is 1. The minimum atomic E-state index is -5.13. The molecule has 27 heavy (non-hydrogen) atoms. The average molecular weight is 382 g/mol. The lowest BCUT2D eigenvalue weighted by Gasteiger charge is -2.20. The third-order valence-electron chi connectivity index (χ3n) is 3.83. The zero-order valence-corrected chi connectivity index (χ0v) is 13.7. The summed E-state index contributed by atoms with van der Waals surface area (Å²) in [7, 11) is 0. The smallest absolute Gasteiger partial charge is 0.452 e. The van der Waals surface area contributed by atoms with Crippen molar-refractivity contribution in [2.75, 3.05) is 6.54 Å². The molecule has 1 atom stereocenters. The minimum Gasteiger partial charge on any atom is -0.452 e. The van der Waals surface area contributed by atoms with Crippen LogP contribution in [0.15, 0.2) is 42.5 Å². The summed E-state index contributed by atoms with van der Waals surface area (Å²) in [5, 5.41) is 13.6. The predicted octanol–water partition coefficient (Wildman–Crippen LogP) is 3.18. The molecule has 0 radical (unpaired) electrons. The molecule has 2 aromatic carbocycles. The number of nitro groups is 1. The lowest BCUT2D eigenvalue weighted by Crippen LogP contribution is -2.37. The van der Waals surface area contributed by atoms with Crippen molar-refractivity contribution in [3.63, 3.8) is 0 Å². The topological polar surface area (TPSA) is 90.7 Å². The third-order valence-corrected chi connectivity index (χ3v) is 3.83. The molecule has 1 heterocycles. The maximum Gasteiger partial charge on any atom is 0.491 e. The highest BCUT2D eigenvalue weighted by Crippen LogP contribution is 2.36. The predicted molar refractivity (Wildman–Crippen MR) is 86.8 cm³/mol. The first-order valence-corrected chi connectivity index (χ1v) is 7.77. The number of nitro benzene ring substituents is 1. The van der Waals surface area contributed by atoms with E-state index in [-0.39, 0.29) is 24.5 Å². The first kappa shape index (κ1) is 18.6. The van der Waals surface area contributed by atoms with E-state index in [2.05, 4.69) is 10.1 Å². The molecule has 1 aliphatic heterocycles. The van der Waals surface area contributed by atoms with Gasteiger partial charge in [-0.15, -0.1) is 0 Å². The van der Waals surface area contributed by atoms with E-state index < -0.39 is 23.4 Å². The molecule has 0 spiro atoms. The molecule has 0 amide bonds. The molecule has 1 aliphatic rings. The van der Waals surface area contributed by atoms with Gasteiger partial charge in [-0.1, -0.05) is 18.2 Å². The highest BCUT2D eigenvalue weighted by atomic mass is 19.4. The van der Waals surface area contributed by atoms with E-state index in [9.17, 15) is 28.1 Å². The number of para-hydroxylation sites is 1. The first-order valence-electron chi connectivity index (χ1n) is 7.77. The molecule has 3 rings (SSSR count). The first-order chi connectivity index (χ1) is 12.8. The third kappa shape index (κ3) is 4.17. The Morgan fingerprint density at radius 1 is 1.22 bits per heavy atom. The van der Waals surface area contributed by atoms with Crippen molar-refractivity contribution in [2.45, 2.75) is 19.0 Å². The van der Waals surface area contributed by atoms with Crippen LogP contribution in [0.4, 0.5) is 18.9 Å². The van der Waals surface area contributed by atoms with Crippen LogP contribution in [0.2, 0.25) is 0 Å². The number of non-ortho nitro benzene ring substituents is 1. The van der Waals surface area contributed by atoms with Gasteiger partial charge in [0.15, 0.2) is 0 Å². The van der Waals surface area contributed by atoms with Crippen LogP contribution in [0.1, 0.15) is 5.56 Å². The molecule has 2 aromatic rings. The zero-order chi connectivity index (χ0) is 19.6. The molecule has 1 unspecified atom stereocenters. The molecule has 0 fully saturated rings. The fourth-order valence-corrected chi connectivity index (χ4v) is 2.60. The monoisotopic (exact) mass is 382 g/mol. The maximum atomic E-state index is 12.4. The molecule has 0 saturated heterocycles. The Balaban J connectivity index is 1.91. The van der Waals surface area contributed by atoms with E-state index in [1.54, 1.807) is 18.2 Å². The highest BCUT2D eigenvalue weighted by molar-refractivity contribution is 5.76. The SMILES string of the molecule is O=C(OC1CNCc2cccc(-c3ccc([N+](=O)[O-])cc3)c2O1)C(F)(F)F. The molecule has 7 nitrogen and oxygen atoms in total. The maximum absolute atomic E-state index is 12.4. The van der Waals surface area contributed by atoms with E-state index in [4.69, 9.17) is 4.74 Å². The van der Waals surface area contributed by atoms with E-state index in [1.807, 2.05) is 0 Å². The van der Waals surface area contributed by atoms with Crippen molar-refractivity contribution < 1.29 is 32.4 Å². The quantitative estimate of drug-likeness (QED) is 0.498. The normalized spacial score (nSPS) is 16.6. The largest absolute Gasteiger partial charge is 0.491 e. The van der Waals surface area contributed by atoms with Crippen molar-refractivity contribution in [1.82, 2.24) is 5.32 Å². The van der Waals surface area contributed by atoms with Gasteiger partial charge in [0.25, 0.3) is 12.0 Å². The molecule has 0 saturated carbocycles. The van der Waals surface area contributed by atoms with Crippen LogP contribution in [0, 0.1) is 10.1 Å². The number of carbonyl (C=O) groups is 1. The Morgan fingerprint density at radius 2 is 1.93 bits per heavy atom. The number of fused-ring (bicyclic) bond motifs is 1. The average Bonchev–Trinajstić information content (AvgIpc) is 2.82. The van der Waals surface area contributed by atoms with Crippen molar-refractivity contribution in [1.29, 1.82) is 0 Å². The number of rotatable bonds is 3. The second-order valence-corrected chi connectivity index (χ2v) is 5.68. The van der Waals surface area contributed by atoms with Crippen molar-refractivity contribution >= 4 is 11.7 Å². The van der Waals surface area contributed by atoms with Crippen LogP contribution < -0.4 is 10.1 Å². The Labute approximate surface area is 150 Å². The number of alkyl halides is 3. The molecule has 10 heteroatoms. The van der Waals surface area contributed by atoms with Crippen LogP contribution in [0.25, 0.3) is 11.1 Å². The van der Waals surface area contributed by atoms with Crippen molar-refractivity contribution in [3.05, 3.63) is 58.1 Å². The molecule has 0 aliphatic carbocycles. The van der Waals surface area contributed by atoms with Gasteiger partial charge in [-0.25, -0.2) is 4.79 Å². The summed E-state index contributed by atoms with van der Waals surface area (Å²) in [4.78, 5) is 21.3. The molecule has 0 aromatic heterocycles. The Bertz CT molecular complexity index is 868. The van der Waals surface area contributed by atoms with Gasteiger partial charge in [0.05, 0.1) is 11.5 Å². The van der Waals surface area contributed by atoms with Crippen LogP contribution >= 0.6 is 0 Å². The van der Waals surface area contributed by atoms with Crippen LogP contribution in [0.3, 0.4) is 0 Å². The fourth-order valence-electron chi connectivity index (χ4n) is 2.60. The van der Waals surface area contributed by atoms with Gasteiger partial charge in [-0.3, -0.25) is 10.1 Å². The molecular weight excluding hydrogens is 369 g/mol. The van der Waals surface area contributed by atoms with Crippen LogP contribution in [0.5, 0.6) is 5.75 Å². The summed E-state index contributed by atoms with van der Waals surface area (Å²) < 4.78 is 47.3. The van der Waals surface area contributed by atoms with Gasteiger partial charge < -0.3 is 14.8 Å². The molecular formula is C17H13F3N2O5. The van der Waals surface area contributed by atoms with E-state index in [1.165, 1.54) is 24.3 Å². The van der Waals surface area contributed by atoms with E-state index in [0.29, 0.717) is 16.7 Å². The minimum absolute atomic E-state index is 0.0969. The lowest BCUT2D eigenvalue weighted by molar-refractivity contribution is -0.384. The highest BCUT2D eigenvalue weighted by Gasteiger charge is 2.43. The summed E-state index contributed by atoms with van der Waals surface area (Å²) in [5.74, 6) is -2.10. The number of hydrogen-bond acceptors (Lipinski definition) is 6. The summed E-state index contributed by atoms with van der Waals surface area (Å²) in [6.45, 7) is 0.159. The van der Waals surface area contributed by atoms with Gasteiger partial charge in [0.1, 0.15) is 5.75 Å². The van der Waals surface area contributed by atoms with Gasteiger partial charge in [0, 0.05) is 29.8 Å². The fraction of sp³-hybridized carbons (Fsp3) is 0.235. The molecule has 142 valence electrons. The van der Waals surface area contributed by atoms with Crippen molar-refractivity contribution in [3.8, 4) is 16.9 Å². The summed E-state index contributed by atoms with van der Waals surface area (Å²) in [6.07, 6.45) is -6.60. The molecule has 1 N–H and O–H groups in total. The lowest BCUT2D eigenvalue weighted by atomic mass is 10.0. The number of esters is 1. The van der Waals surface area contributed by atoms with Gasteiger partial charge in [-0.05, 0) is 17.7 Å². The zero-order valence-electron chi connectivity index (χ0n) is 13.7. The number of hydrogen-bond donors (Lipinski definition) is 1. The van der Waals surface area contributed by atoms with Crippen LogP contribution in [-0.2, 0) is 16.1 Å². The van der Waals surface area contributed by atoms with Crippen molar-refractivity contribution in [2.24, 2.45) is 0 Å². The van der Waals surface area contributed by atoms with Gasteiger partial charge in [0.2, 0.25) is 0 Å². The summed E-state index contributed by atoms with van der Waals surface area (Å²) in [6, 6.07) is 10.7. The number of halogens is 3.